The Labute approximate surface area is 109 Å². The summed E-state index contributed by atoms with van der Waals surface area (Å²) >= 11 is 0. The fourth-order valence-corrected chi connectivity index (χ4v) is 2.47. The lowest BCUT2D eigenvalue weighted by atomic mass is 9.76. The molecule has 0 aromatic heterocycles. The van der Waals surface area contributed by atoms with E-state index in [9.17, 15) is 5.11 Å². The molecule has 0 aliphatic rings. The predicted octanol–water partition coefficient (Wildman–Crippen LogP) is 4.33. The third kappa shape index (κ3) is 2.26. The quantitative estimate of drug-likeness (QED) is 0.828. The molecule has 2 aromatic carbocycles. The van der Waals surface area contributed by atoms with Crippen molar-refractivity contribution in [2.75, 3.05) is 0 Å². The number of rotatable bonds is 2. The van der Waals surface area contributed by atoms with Crippen LogP contribution < -0.4 is 0 Å². The Hall–Kier alpha value is -1.76. The van der Waals surface area contributed by atoms with Crippen LogP contribution in [0.2, 0.25) is 0 Å². The van der Waals surface area contributed by atoms with Crippen LogP contribution in [0.15, 0.2) is 42.5 Å². The van der Waals surface area contributed by atoms with Gasteiger partial charge in [-0.05, 0) is 42.7 Å². The second kappa shape index (κ2) is 4.49. The molecule has 1 heteroatoms. The van der Waals surface area contributed by atoms with E-state index in [2.05, 4.69) is 45.0 Å². The van der Waals surface area contributed by atoms with Gasteiger partial charge in [0.1, 0.15) is 5.75 Å². The van der Waals surface area contributed by atoms with Crippen LogP contribution >= 0.6 is 0 Å². The lowest BCUT2D eigenvalue weighted by Gasteiger charge is -2.28. The van der Waals surface area contributed by atoms with Gasteiger partial charge in [-0.1, -0.05) is 49.7 Å². The first-order chi connectivity index (χ1) is 8.41. The first-order valence-electron chi connectivity index (χ1n) is 6.28. The summed E-state index contributed by atoms with van der Waals surface area (Å²) in [4.78, 5) is 0. The lowest BCUT2D eigenvalue weighted by molar-refractivity contribution is 0.474. The summed E-state index contributed by atoms with van der Waals surface area (Å²) in [5, 5.41) is 9.51. The third-order valence-corrected chi connectivity index (χ3v) is 3.66. The molecular weight excluding hydrogens is 220 g/mol. The van der Waals surface area contributed by atoms with E-state index in [1.165, 1.54) is 16.7 Å². The van der Waals surface area contributed by atoms with Gasteiger partial charge in [0.2, 0.25) is 0 Å². The summed E-state index contributed by atoms with van der Waals surface area (Å²) in [7, 11) is 0. The average Bonchev–Trinajstić information content (AvgIpc) is 2.29. The molecule has 18 heavy (non-hydrogen) atoms. The minimum absolute atomic E-state index is 0.0501. The fraction of sp³-hybridized carbons (Fsp3) is 0.294. The molecule has 0 bridgehead atoms. The van der Waals surface area contributed by atoms with Crippen molar-refractivity contribution in [2.45, 2.75) is 33.1 Å². The van der Waals surface area contributed by atoms with Crippen LogP contribution in [0, 0.1) is 13.8 Å². The van der Waals surface area contributed by atoms with Gasteiger partial charge in [0.25, 0.3) is 0 Å². The molecule has 0 aliphatic carbocycles. The molecule has 0 aliphatic heterocycles. The Morgan fingerprint density at radius 2 is 1.50 bits per heavy atom. The zero-order valence-electron chi connectivity index (χ0n) is 11.5. The number of hydrogen-bond acceptors (Lipinski definition) is 1. The van der Waals surface area contributed by atoms with Gasteiger partial charge in [-0.3, -0.25) is 0 Å². The SMILES string of the molecule is Cc1ccc(C(C)(C)c2ccc(O)cc2C)cc1. The molecule has 2 aromatic rings. The number of hydrogen-bond donors (Lipinski definition) is 1. The fourth-order valence-electron chi connectivity index (χ4n) is 2.47. The summed E-state index contributed by atoms with van der Waals surface area (Å²) < 4.78 is 0. The Bertz CT molecular complexity index is 550. The van der Waals surface area contributed by atoms with Gasteiger partial charge in [-0.25, -0.2) is 0 Å². The van der Waals surface area contributed by atoms with Crippen molar-refractivity contribution in [1.29, 1.82) is 0 Å². The zero-order chi connectivity index (χ0) is 13.3. The molecule has 94 valence electrons. The van der Waals surface area contributed by atoms with Crippen molar-refractivity contribution in [2.24, 2.45) is 0 Å². The van der Waals surface area contributed by atoms with Gasteiger partial charge in [-0.2, -0.15) is 0 Å². The van der Waals surface area contributed by atoms with E-state index >= 15 is 0 Å². The van der Waals surface area contributed by atoms with Gasteiger partial charge in [-0.15, -0.1) is 0 Å². The molecular formula is C17H20O. The van der Waals surface area contributed by atoms with Crippen LogP contribution in [-0.2, 0) is 5.41 Å². The van der Waals surface area contributed by atoms with Crippen LogP contribution in [0.3, 0.4) is 0 Å². The minimum Gasteiger partial charge on any atom is -0.508 e. The van der Waals surface area contributed by atoms with E-state index in [-0.39, 0.29) is 5.41 Å². The van der Waals surface area contributed by atoms with Gasteiger partial charge in [0.05, 0.1) is 0 Å². The van der Waals surface area contributed by atoms with Crippen molar-refractivity contribution in [1.82, 2.24) is 0 Å². The molecule has 0 heterocycles. The lowest BCUT2D eigenvalue weighted by Crippen LogP contribution is -2.20. The summed E-state index contributed by atoms with van der Waals surface area (Å²) in [5.41, 5.74) is 4.90. The molecule has 0 spiro atoms. The largest absolute Gasteiger partial charge is 0.508 e. The highest BCUT2D eigenvalue weighted by Crippen LogP contribution is 2.34. The Kier molecular flexibility index (Phi) is 3.16. The summed E-state index contributed by atoms with van der Waals surface area (Å²) in [5.74, 6) is 0.330. The van der Waals surface area contributed by atoms with Crippen LogP contribution in [0.1, 0.15) is 36.1 Å². The highest BCUT2D eigenvalue weighted by molar-refractivity contribution is 5.44. The van der Waals surface area contributed by atoms with Crippen LogP contribution in [0.4, 0.5) is 0 Å². The first kappa shape index (κ1) is 12.7. The normalized spacial score (nSPS) is 11.6. The molecule has 0 radical (unpaired) electrons. The Balaban J connectivity index is 2.50. The molecule has 0 unspecified atom stereocenters. The number of benzene rings is 2. The molecule has 0 saturated heterocycles. The van der Waals surface area contributed by atoms with Gasteiger partial charge >= 0.3 is 0 Å². The monoisotopic (exact) mass is 240 g/mol. The smallest absolute Gasteiger partial charge is 0.115 e. The van der Waals surface area contributed by atoms with E-state index in [0.717, 1.165) is 5.56 Å². The minimum atomic E-state index is -0.0501. The molecule has 2 rings (SSSR count). The standard InChI is InChI=1S/C17H20O/c1-12-5-7-14(8-6-12)17(3,4)16-10-9-15(18)11-13(16)2/h5-11,18H,1-4H3. The predicted molar refractivity (Wildman–Crippen MR) is 76.2 cm³/mol. The number of phenolic OH excluding ortho intramolecular Hbond substituents is 1. The molecule has 0 saturated carbocycles. The molecule has 1 N–H and O–H groups in total. The van der Waals surface area contributed by atoms with Gasteiger partial charge in [0.15, 0.2) is 0 Å². The maximum Gasteiger partial charge on any atom is 0.115 e. The maximum atomic E-state index is 9.51. The first-order valence-corrected chi connectivity index (χ1v) is 6.28. The van der Waals surface area contributed by atoms with E-state index < -0.39 is 0 Å². The highest BCUT2D eigenvalue weighted by Gasteiger charge is 2.24. The maximum absolute atomic E-state index is 9.51. The molecule has 0 amide bonds. The van der Waals surface area contributed by atoms with Crippen LogP contribution in [0.25, 0.3) is 0 Å². The highest BCUT2D eigenvalue weighted by atomic mass is 16.3. The van der Waals surface area contributed by atoms with Crippen molar-refractivity contribution in [3.05, 3.63) is 64.7 Å². The van der Waals surface area contributed by atoms with Gasteiger partial charge in [0, 0.05) is 5.41 Å². The van der Waals surface area contributed by atoms with Crippen LogP contribution in [0.5, 0.6) is 5.75 Å². The zero-order valence-corrected chi connectivity index (χ0v) is 11.5. The van der Waals surface area contributed by atoms with Crippen molar-refractivity contribution in [3.63, 3.8) is 0 Å². The number of phenols is 1. The second-order valence-electron chi connectivity index (χ2n) is 5.49. The van der Waals surface area contributed by atoms with Gasteiger partial charge < -0.3 is 5.11 Å². The Morgan fingerprint density at radius 3 is 2.06 bits per heavy atom. The second-order valence-corrected chi connectivity index (χ2v) is 5.49. The van der Waals surface area contributed by atoms with Crippen molar-refractivity contribution < 1.29 is 5.11 Å². The number of aryl methyl sites for hydroxylation is 2. The van der Waals surface area contributed by atoms with Crippen LogP contribution in [-0.4, -0.2) is 5.11 Å². The van der Waals surface area contributed by atoms with E-state index in [1.807, 2.05) is 19.1 Å². The summed E-state index contributed by atoms with van der Waals surface area (Å²) in [6.07, 6.45) is 0. The van der Waals surface area contributed by atoms with Crippen molar-refractivity contribution in [3.8, 4) is 5.75 Å². The van der Waals surface area contributed by atoms with E-state index in [0.29, 0.717) is 5.75 Å². The topological polar surface area (TPSA) is 20.2 Å². The average molecular weight is 240 g/mol. The van der Waals surface area contributed by atoms with E-state index in [4.69, 9.17) is 0 Å². The third-order valence-electron chi connectivity index (χ3n) is 3.66. The Morgan fingerprint density at radius 1 is 0.889 bits per heavy atom. The number of aromatic hydroxyl groups is 1. The van der Waals surface area contributed by atoms with Crippen molar-refractivity contribution >= 4 is 0 Å². The molecule has 0 fully saturated rings. The van der Waals surface area contributed by atoms with E-state index in [1.54, 1.807) is 6.07 Å². The summed E-state index contributed by atoms with van der Waals surface area (Å²) in [6.45, 7) is 8.58. The molecule has 0 atom stereocenters. The summed E-state index contributed by atoms with van der Waals surface area (Å²) in [6, 6.07) is 14.3. The molecule has 1 nitrogen and oxygen atoms in total.